The van der Waals surface area contributed by atoms with Crippen molar-refractivity contribution in [2.24, 2.45) is 11.7 Å². The second-order valence-corrected chi connectivity index (χ2v) is 5.24. The third-order valence-corrected chi connectivity index (χ3v) is 3.89. The van der Waals surface area contributed by atoms with Crippen molar-refractivity contribution in [3.8, 4) is 6.07 Å². The van der Waals surface area contributed by atoms with E-state index in [1.54, 1.807) is 0 Å². The smallest absolute Gasteiger partial charge is 0.0991 e. The van der Waals surface area contributed by atoms with Crippen LogP contribution in [0.5, 0.6) is 0 Å². The molecule has 0 saturated heterocycles. The molecule has 90 valence electrons. The van der Waals surface area contributed by atoms with E-state index in [1.165, 1.54) is 31.2 Å². The molecule has 0 aliphatic heterocycles. The summed E-state index contributed by atoms with van der Waals surface area (Å²) in [5, 5.41) is 8.94. The van der Waals surface area contributed by atoms with Gasteiger partial charge in [0.25, 0.3) is 0 Å². The Labute approximate surface area is 103 Å². The van der Waals surface area contributed by atoms with E-state index < -0.39 is 0 Å². The van der Waals surface area contributed by atoms with Gasteiger partial charge in [-0.2, -0.15) is 5.26 Å². The average molecular weight is 228 g/mol. The molecule has 0 radical (unpaired) electrons. The molecule has 0 bridgehead atoms. The Bertz CT molecular complexity index is 413. The Hall–Kier alpha value is -1.33. The zero-order chi connectivity index (χ0) is 12.3. The van der Waals surface area contributed by atoms with E-state index in [-0.39, 0.29) is 6.04 Å². The van der Waals surface area contributed by atoms with Gasteiger partial charge in [0.1, 0.15) is 0 Å². The summed E-state index contributed by atoms with van der Waals surface area (Å²) >= 11 is 0. The highest BCUT2D eigenvalue weighted by Crippen LogP contribution is 2.37. The van der Waals surface area contributed by atoms with Gasteiger partial charge in [-0.15, -0.1) is 0 Å². The van der Waals surface area contributed by atoms with Crippen molar-refractivity contribution in [2.45, 2.75) is 44.6 Å². The van der Waals surface area contributed by atoms with Gasteiger partial charge in [0.05, 0.1) is 11.6 Å². The fraction of sp³-hybridized carbons (Fsp3) is 0.533. The van der Waals surface area contributed by atoms with Crippen molar-refractivity contribution in [1.29, 1.82) is 5.26 Å². The number of nitrogens with two attached hydrogens (primary N) is 1. The van der Waals surface area contributed by atoms with Crippen LogP contribution in [0.25, 0.3) is 0 Å². The lowest BCUT2D eigenvalue weighted by atomic mass is 9.75. The van der Waals surface area contributed by atoms with Crippen LogP contribution in [-0.4, -0.2) is 6.04 Å². The average Bonchev–Trinajstić information content (AvgIpc) is 2.27. The molecular weight excluding hydrogens is 208 g/mol. The first-order valence-electron chi connectivity index (χ1n) is 6.46. The fourth-order valence-corrected chi connectivity index (χ4v) is 2.58. The predicted molar refractivity (Wildman–Crippen MR) is 69.5 cm³/mol. The molecule has 0 heterocycles. The number of nitriles is 1. The second kappa shape index (κ2) is 5.33. The monoisotopic (exact) mass is 228 g/mol. The summed E-state index contributed by atoms with van der Waals surface area (Å²) in [5.74, 6) is 1.24. The van der Waals surface area contributed by atoms with Crippen molar-refractivity contribution >= 4 is 0 Å². The minimum Gasteiger partial charge on any atom is -0.327 e. The van der Waals surface area contributed by atoms with E-state index in [4.69, 9.17) is 11.0 Å². The third-order valence-electron chi connectivity index (χ3n) is 3.89. The van der Waals surface area contributed by atoms with Crippen LogP contribution >= 0.6 is 0 Å². The van der Waals surface area contributed by atoms with Crippen LogP contribution < -0.4 is 5.73 Å². The molecule has 1 aromatic carbocycles. The summed E-state index contributed by atoms with van der Waals surface area (Å²) in [6.07, 6.45) is 5.24. The Kier molecular flexibility index (Phi) is 3.81. The summed E-state index contributed by atoms with van der Waals surface area (Å²) in [5.41, 5.74) is 8.07. The first-order valence-corrected chi connectivity index (χ1v) is 6.46. The number of hydrogen-bond acceptors (Lipinski definition) is 2. The molecule has 1 saturated carbocycles. The topological polar surface area (TPSA) is 49.8 Å². The molecule has 1 aliphatic rings. The van der Waals surface area contributed by atoms with Crippen molar-refractivity contribution in [3.63, 3.8) is 0 Å². The number of nitrogens with zero attached hydrogens (tertiary/aromatic N) is 1. The lowest BCUT2D eigenvalue weighted by Gasteiger charge is -2.31. The molecule has 0 aromatic heterocycles. The highest BCUT2D eigenvalue weighted by Gasteiger charge is 2.25. The van der Waals surface area contributed by atoms with Crippen molar-refractivity contribution in [1.82, 2.24) is 0 Å². The first kappa shape index (κ1) is 12.1. The molecule has 2 atom stereocenters. The minimum absolute atomic E-state index is 0.157. The van der Waals surface area contributed by atoms with Crippen LogP contribution in [0.15, 0.2) is 24.3 Å². The maximum absolute atomic E-state index is 8.94. The zero-order valence-electron chi connectivity index (χ0n) is 10.4. The molecule has 0 amide bonds. The summed E-state index contributed by atoms with van der Waals surface area (Å²) in [7, 11) is 0. The van der Waals surface area contributed by atoms with Crippen LogP contribution in [0.4, 0.5) is 0 Å². The first-order chi connectivity index (χ1) is 8.20. The van der Waals surface area contributed by atoms with Crippen LogP contribution in [0.1, 0.15) is 49.7 Å². The maximum Gasteiger partial charge on any atom is 0.0991 e. The molecule has 2 rings (SSSR count). The van der Waals surface area contributed by atoms with Crippen molar-refractivity contribution in [2.75, 3.05) is 0 Å². The zero-order valence-corrected chi connectivity index (χ0v) is 10.4. The van der Waals surface area contributed by atoms with Crippen molar-refractivity contribution < 1.29 is 0 Å². The van der Waals surface area contributed by atoms with Gasteiger partial charge in [-0.25, -0.2) is 0 Å². The summed E-state index contributed by atoms with van der Waals surface area (Å²) in [4.78, 5) is 0. The van der Waals surface area contributed by atoms with Gasteiger partial charge >= 0.3 is 0 Å². The minimum atomic E-state index is 0.157. The molecule has 2 unspecified atom stereocenters. The van der Waals surface area contributed by atoms with E-state index in [0.29, 0.717) is 5.92 Å². The SMILES string of the molecule is CC(N)C(CC1CCC1)c1cccc(C#N)c1. The standard InChI is InChI=1S/C15H20N2/c1-11(17)15(9-12-4-2-5-12)14-7-3-6-13(8-14)10-16/h3,6-8,11-12,15H,2,4-5,9,17H2,1H3. The molecule has 1 aromatic rings. The van der Waals surface area contributed by atoms with E-state index in [2.05, 4.69) is 19.1 Å². The van der Waals surface area contributed by atoms with Gasteiger partial charge < -0.3 is 5.73 Å². The normalized spacial score (nSPS) is 19.1. The van der Waals surface area contributed by atoms with Gasteiger partial charge in [0, 0.05) is 6.04 Å². The van der Waals surface area contributed by atoms with E-state index in [1.807, 2.05) is 18.2 Å². The molecular formula is C15H20N2. The highest BCUT2D eigenvalue weighted by atomic mass is 14.6. The molecule has 2 nitrogen and oxygen atoms in total. The number of benzene rings is 1. The second-order valence-electron chi connectivity index (χ2n) is 5.24. The molecule has 1 aliphatic carbocycles. The van der Waals surface area contributed by atoms with Gasteiger partial charge in [-0.1, -0.05) is 31.4 Å². The van der Waals surface area contributed by atoms with Crippen LogP contribution in [-0.2, 0) is 0 Å². The summed E-state index contributed by atoms with van der Waals surface area (Å²) in [6.45, 7) is 2.07. The van der Waals surface area contributed by atoms with Gasteiger partial charge in [-0.05, 0) is 42.9 Å². The quantitative estimate of drug-likeness (QED) is 0.860. The molecule has 2 heteroatoms. The number of rotatable bonds is 4. The van der Waals surface area contributed by atoms with Gasteiger partial charge in [0.15, 0.2) is 0 Å². The van der Waals surface area contributed by atoms with Crippen LogP contribution in [0.2, 0.25) is 0 Å². The Balaban J connectivity index is 2.16. The van der Waals surface area contributed by atoms with Gasteiger partial charge in [-0.3, -0.25) is 0 Å². The molecule has 1 fully saturated rings. The van der Waals surface area contributed by atoms with Crippen LogP contribution in [0.3, 0.4) is 0 Å². The lowest BCUT2D eigenvalue weighted by Crippen LogP contribution is -2.28. The summed E-state index contributed by atoms with van der Waals surface area (Å²) < 4.78 is 0. The fourth-order valence-electron chi connectivity index (χ4n) is 2.58. The Morgan fingerprint density at radius 3 is 2.76 bits per heavy atom. The molecule has 17 heavy (non-hydrogen) atoms. The van der Waals surface area contributed by atoms with Gasteiger partial charge in [0.2, 0.25) is 0 Å². The van der Waals surface area contributed by atoms with E-state index >= 15 is 0 Å². The largest absolute Gasteiger partial charge is 0.327 e. The van der Waals surface area contributed by atoms with E-state index in [0.717, 1.165) is 11.5 Å². The summed E-state index contributed by atoms with van der Waals surface area (Å²) in [6, 6.07) is 10.3. The van der Waals surface area contributed by atoms with E-state index in [9.17, 15) is 0 Å². The predicted octanol–water partition coefficient (Wildman–Crippen LogP) is 3.18. The van der Waals surface area contributed by atoms with Crippen LogP contribution in [0, 0.1) is 17.2 Å². The number of hydrogen-bond donors (Lipinski definition) is 1. The molecule has 0 spiro atoms. The third kappa shape index (κ3) is 2.87. The molecule has 2 N–H and O–H groups in total. The van der Waals surface area contributed by atoms with Crippen molar-refractivity contribution in [3.05, 3.63) is 35.4 Å². The Morgan fingerprint density at radius 2 is 2.24 bits per heavy atom. The lowest BCUT2D eigenvalue weighted by molar-refractivity contribution is 0.266. The highest BCUT2D eigenvalue weighted by molar-refractivity contribution is 5.35. The Morgan fingerprint density at radius 1 is 1.47 bits per heavy atom. The maximum atomic E-state index is 8.94.